The second kappa shape index (κ2) is 12.4. The predicted molar refractivity (Wildman–Crippen MR) is 114 cm³/mol. The van der Waals surface area contributed by atoms with E-state index >= 15 is 0 Å². The monoisotopic (exact) mass is 389 g/mol. The van der Waals surface area contributed by atoms with Gasteiger partial charge in [0.1, 0.15) is 5.75 Å². The number of nitrogens with one attached hydrogen (secondary N) is 2. The van der Waals surface area contributed by atoms with Crippen LogP contribution in [0.5, 0.6) is 5.75 Å². The van der Waals surface area contributed by atoms with Gasteiger partial charge in [-0.2, -0.15) is 5.10 Å². The first-order valence-electron chi connectivity index (χ1n) is 9.35. The molecule has 0 fully saturated rings. The molecule has 2 rings (SSSR count). The number of hydrogen-bond acceptors (Lipinski definition) is 4. The standard InChI is InChI=1S/C16H23N5O.C4H8O2/c1-3-4-5-8-18-16(17)21-20-11-12-10-19-15-7-6-13(22-2)9-14(12)15;1-3(2)4(5)6/h6-7,9-11,19H,3-5,8H2,1-2H3,(H3,17,18,21);3H,1-2H3,(H,5,6)/b20-11-;. The minimum absolute atomic E-state index is 0.231. The number of methoxy groups -OCH3 is 1. The number of aliphatic carboxylic acids is 1. The summed E-state index contributed by atoms with van der Waals surface area (Å²) < 4.78 is 5.24. The fraction of sp³-hybridized carbons (Fsp3) is 0.450. The number of carbonyl (C=O) groups is 1. The van der Waals surface area contributed by atoms with Crippen molar-refractivity contribution >= 4 is 29.0 Å². The number of guanidine groups is 1. The highest BCUT2D eigenvalue weighted by Crippen LogP contribution is 2.22. The molecule has 0 bridgehead atoms. The number of carboxylic acids is 1. The molecular formula is C20H31N5O3. The maximum Gasteiger partial charge on any atom is 0.305 e. The number of H-pyrrole nitrogens is 1. The lowest BCUT2D eigenvalue weighted by molar-refractivity contribution is -0.140. The number of hydrogen-bond donors (Lipinski definition) is 4. The van der Waals surface area contributed by atoms with Gasteiger partial charge in [-0.15, -0.1) is 0 Å². The number of carboxylic acid groups (broad SMARTS) is 1. The van der Waals surface area contributed by atoms with Gasteiger partial charge in [-0.1, -0.05) is 33.6 Å². The van der Waals surface area contributed by atoms with Gasteiger partial charge in [-0.25, -0.2) is 5.43 Å². The van der Waals surface area contributed by atoms with Gasteiger partial charge in [-0.3, -0.25) is 9.79 Å². The lowest BCUT2D eigenvalue weighted by Crippen LogP contribution is -2.27. The van der Waals surface area contributed by atoms with Crippen molar-refractivity contribution < 1.29 is 14.6 Å². The topological polar surface area (TPSA) is 125 Å². The second-order valence-corrected chi connectivity index (χ2v) is 6.49. The number of hydrazone groups is 1. The van der Waals surface area contributed by atoms with Crippen LogP contribution < -0.4 is 15.9 Å². The zero-order valence-corrected chi connectivity index (χ0v) is 17.0. The zero-order chi connectivity index (χ0) is 20.9. The van der Waals surface area contributed by atoms with Crippen LogP contribution in [0.25, 0.3) is 10.9 Å². The molecule has 0 aliphatic carbocycles. The van der Waals surface area contributed by atoms with E-state index in [1.165, 1.54) is 6.42 Å². The first-order valence-corrected chi connectivity index (χ1v) is 9.35. The van der Waals surface area contributed by atoms with E-state index in [2.05, 4.69) is 27.4 Å². The normalized spacial score (nSPS) is 11.5. The summed E-state index contributed by atoms with van der Waals surface area (Å²) in [4.78, 5) is 17.1. The van der Waals surface area contributed by atoms with Crippen molar-refractivity contribution in [1.29, 1.82) is 0 Å². The van der Waals surface area contributed by atoms with Crippen LogP contribution in [0.2, 0.25) is 0 Å². The Bertz CT molecular complexity index is 796. The number of fused-ring (bicyclic) bond motifs is 1. The fourth-order valence-corrected chi connectivity index (χ4v) is 2.12. The Morgan fingerprint density at radius 1 is 1.39 bits per heavy atom. The molecule has 2 aromatic rings. The van der Waals surface area contributed by atoms with Crippen LogP contribution in [-0.2, 0) is 4.79 Å². The molecule has 8 heteroatoms. The van der Waals surface area contributed by atoms with Gasteiger partial charge in [0, 0.05) is 29.2 Å². The van der Waals surface area contributed by atoms with Crippen LogP contribution >= 0.6 is 0 Å². The maximum absolute atomic E-state index is 9.70. The summed E-state index contributed by atoms with van der Waals surface area (Å²) in [6.07, 6.45) is 6.99. The Labute approximate surface area is 165 Å². The highest BCUT2D eigenvalue weighted by molar-refractivity contribution is 5.99. The smallest absolute Gasteiger partial charge is 0.305 e. The van der Waals surface area contributed by atoms with E-state index in [9.17, 15) is 4.79 Å². The average molecular weight is 390 g/mol. The first kappa shape index (κ1) is 23.0. The third-order valence-electron chi connectivity index (χ3n) is 3.84. The van der Waals surface area contributed by atoms with Gasteiger partial charge in [0.05, 0.1) is 19.2 Å². The molecule has 1 aromatic carbocycles. The van der Waals surface area contributed by atoms with Crippen LogP contribution in [0.3, 0.4) is 0 Å². The Kier molecular flexibility index (Phi) is 10.2. The summed E-state index contributed by atoms with van der Waals surface area (Å²) in [6, 6.07) is 5.86. The van der Waals surface area contributed by atoms with Crippen molar-refractivity contribution in [3.63, 3.8) is 0 Å². The lowest BCUT2D eigenvalue weighted by Gasteiger charge is -2.00. The molecule has 0 aliphatic rings. The number of aromatic amines is 1. The SMILES string of the molecule is CC(C)C(=O)O.CCCCCN=C(N)N/N=C\c1c[nH]c2ccc(OC)cc12. The van der Waals surface area contributed by atoms with Gasteiger partial charge >= 0.3 is 5.97 Å². The Morgan fingerprint density at radius 2 is 2.11 bits per heavy atom. The number of aliphatic imine (C=N–C) groups is 1. The average Bonchev–Trinajstić information content (AvgIpc) is 3.08. The maximum atomic E-state index is 9.70. The molecule has 0 aliphatic heterocycles. The number of rotatable bonds is 8. The molecule has 0 spiro atoms. The van der Waals surface area contributed by atoms with Crippen molar-refractivity contribution in [3.8, 4) is 5.75 Å². The Balaban J connectivity index is 0.000000568. The lowest BCUT2D eigenvalue weighted by atomic mass is 10.2. The van der Waals surface area contributed by atoms with Gasteiger partial charge < -0.3 is 20.6 Å². The van der Waals surface area contributed by atoms with Gasteiger partial charge in [0.2, 0.25) is 5.96 Å². The summed E-state index contributed by atoms with van der Waals surface area (Å²) in [5, 5.41) is 13.2. The van der Waals surface area contributed by atoms with Crippen LogP contribution in [0.1, 0.15) is 45.6 Å². The molecule has 5 N–H and O–H groups in total. The van der Waals surface area contributed by atoms with Crippen molar-refractivity contribution in [1.82, 2.24) is 10.4 Å². The summed E-state index contributed by atoms with van der Waals surface area (Å²) in [5.41, 5.74) is 10.5. The number of nitrogens with zero attached hydrogens (tertiary/aromatic N) is 2. The largest absolute Gasteiger partial charge is 0.497 e. The van der Waals surface area contributed by atoms with Crippen molar-refractivity contribution in [3.05, 3.63) is 30.0 Å². The summed E-state index contributed by atoms with van der Waals surface area (Å²) in [6.45, 7) is 6.17. The number of benzene rings is 1. The van der Waals surface area contributed by atoms with Crippen LogP contribution in [0.4, 0.5) is 0 Å². The Morgan fingerprint density at radius 3 is 2.71 bits per heavy atom. The molecule has 28 heavy (non-hydrogen) atoms. The fourth-order valence-electron chi connectivity index (χ4n) is 2.12. The van der Waals surface area contributed by atoms with E-state index in [4.69, 9.17) is 15.6 Å². The highest BCUT2D eigenvalue weighted by Gasteiger charge is 2.03. The number of nitrogens with two attached hydrogens (primary N) is 1. The number of unbranched alkanes of at least 4 members (excludes halogenated alkanes) is 2. The van der Waals surface area contributed by atoms with Gasteiger partial charge in [-0.05, 0) is 24.6 Å². The summed E-state index contributed by atoms with van der Waals surface area (Å²) in [7, 11) is 1.65. The van der Waals surface area contributed by atoms with Gasteiger partial charge in [0.25, 0.3) is 0 Å². The number of aromatic nitrogens is 1. The molecule has 8 nitrogen and oxygen atoms in total. The molecule has 0 saturated carbocycles. The summed E-state index contributed by atoms with van der Waals surface area (Å²) >= 11 is 0. The molecular weight excluding hydrogens is 358 g/mol. The van der Waals surface area contributed by atoms with Crippen LogP contribution in [0, 0.1) is 5.92 Å². The molecule has 0 unspecified atom stereocenters. The van der Waals surface area contributed by atoms with E-state index in [0.717, 1.165) is 41.6 Å². The first-order chi connectivity index (χ1) is 13.4. The van der Waals surface area contributed by atoms with E-state index in [-0.39, 0.29) is 5.92 Å². The molecule has 154 valence electrons. The van der Waals surface area contributed by atoms with Crippen LogP contribution in [0.15, 0.2) is 34.5 Å². The van der Waals surface area contributed by atoms with E-state index in [1.54, 1.807) is 27.2 Å². The third-order valence-corrected chi connectivity index (χ3v) is 3.84. The quantitative estimate of drug-likeness (QED) is 0.238. The third kappa shape index (κ3) is 8.11. The highest BCUT2D eigenvalue weighted by atomic mass is 16.5. The molecule has 0 atom stereocenters. The number of ether oxygens (including phenoxy) is 1. The summed E-state index contributed by atoms with van der Waals surface area (Å²) in [5.74, 6) is 0.177. The Hall–Kier alpha value is -3.03. The minimum atomic E-state index is -0.741. The van der Waals surface area contributed by atoms with E-state index in [0.29, 0.717) is 5.96 Å². The molecule has 0 radical (unpaired) electrons. The molecule has 1 aromatic heterocycles. The molecule has 0 saturated heterocycles. The zero-order valence-electron chi connectivity index (χ0n) is 17.0. The van der Waals surface area contributed by atoms with E-state index < -0.39 is 5.97 Å². The molecule has 1 heterocycles. The predicted octanol–water partition coefficient (Wildman–Crippen LogP) is 3.33. The van der Waals surface area contributed by atoms with Crippen molar-refractivity contribution in [2.75, 3.05) is 13.7 Å². The minimum Gasteiger partial charge on any atom is -0.497 e. The second-order valence-electron chi connectivity index (χ2n) is 6.49. The van der Waals surface area contributed by atoms with Crippen molar-refractivity contribution in [2.24, 2.45) is 21.7 Å². The van der Waals surface area contributed by atoms with Crippen molar-refractivity contribution in [2.45, 2.75) is 40.0 Å². The molecule has 0 amide bonds. The van der Waals surface area contributed by atoms with E-state index in [1.807, 2.05) is 24.4 Å². The van der Waals surface area contributed by atoms with Gasteiger partial charge in [0.15, 0.2) is 0 Å². The van der Waals surface area contributed by atoms with Crippen LogP contribution in [-0.4, -0.2) is 41.9 Å².